The Hall–Kier alpha value is -1.44. The normalized spacial score (nSPS) is 17.9. The number of rotatable bonds is 2. The highest BCUT2D eigenvalue weighted by atomic mass is 32.2. The van der Waals surface area contributed by atoms with E-state index in [-0.39, 0.29) is 0 Å². The molecule has 0 amide bonds. The summed E-state index contributed by atoms with van der Waals surface area (Å²) in [5.41, 5.74) is 1.52. The van der Waals surface area contributed by atoms with E-state index in [1.54, 1.807) is 18.2 Å². The van der Waals surface area contributed by atoms with Crippen LogP contribution in [0.1, 0.15) is 5.82 Å². The van der Waals surface area contributed by atoms with Crippen LogP contribution in [0.4, 0.5) is 0 Å². The predicted octanol–water partition coefficient (Wildman–Crippen LogP) is 0.892. The standard InChI is InChI=1S/C12H15N3O3S/c1-9-13-11-3-2-10(8-12(11)14-9)19(16,17)15-4-6-18-7-5-15/h2-3,8H,4-7H2,1H3,(H,13,14). The molecule has 1 fully saturated rings. The van der Waals surface area contributed by atoms with Crippen molar-refractivity contribution in [3.63, 3.8) is 0 Å². The highest BCUT2D eigenvalue weighted by Crippen LogP contribution is 2.21. The number of nitrogens with zero attached hydrogens (tertiary/aromatic N) is 2. The van der Waals surface area contributed by atoms with E-state index in [1.165, 1.54) is 4.31 Å². The molecule has 0 unspecified atom stereocenters. The molecule has 3 rings (SSSR count). The number of aromatic nitrogens is 2. The zero-order chi connectivity index (χ0) is 13.5. The zero-order valence-electron chi connectivity index (χ0n) is 10.6. The topological polar surface area (TPSA) is 75.3 Å². The number of hydrogen-bond acceptors (Lipinski definition) is 4. The molecule has 1 aromatic heterocycles. The second-order valence-corrected chi connectivity index (χ2v) is 6.46. The van der Waals surface area contributed by atoms with Crippen molar-refractivity contribution in [3.05, 3.63) is 24.0 Å². The van der Waals surface area contributed by atoms with Crippen molar-refractivity contribution in [1.82, 2.24) is 14.3 Å². The number of fused-ring (bicyclic) bond motifs is 1. The monoisotopic (exact) mass is 281 g/mol. The van der Waals surface area contributed by atoms with Gasteiger partial charge in [0.2, 0.25) is 10.0 Å². The van der Waals surface area contributed by atoms with Crippen LogP contribution in [0.15, 0.2) is 23.1 Å². The van der Waals surface area contributed by atoms with Crippen LogP contribution < -0.4 is 0 Å². The lowest BCUT2D eigenvalue weighted by molar-refractivity contribution is 0.0730. The molecule has 1 aliphatic heterocycles. The Bertz CT molecular complexity index is 702. The zero-order valence-corrected chi connectivity index (χ0v) is 11.4. The number of aryl methyl sites for hydroxylation is 1. The van der Waals surface area contributed by atoms with E-state index in [4.69, 9.17) is 4.74 Å². The predicted molar refractivity (Wildman–Crippen MR) is 70.4 cm³/mol. The van der Waals surface area contributed by atoms with Gasteiger partial charge in [0.25, 0.3) is 0 Å². The number of benzene rings is 1. The minimum atomic E-state index is -3.44. The first-order valence-electron chi connectivity index (χ1n) is 6.12. The van der Waals surface area contributed by atoms with Crippen molar-refractivity contribution >= 4 is 21.1 Å². The van der Waals surface area contributed by atoms with Crippen molar-refractivity contribution < 1.29 is 13.2 Å². The van der Waals surface area contributed by atoms with Gasteiger partial charge in [0.15, 0.2) is 0 Å². The van der Waals surface area contributed by atoms with Crippen LogP contribution in [0.25, 0.3) is 11.0 Å². The average molecular weight is 281 g/mol. The van der Waals surface area contributed by atoms with Gasteiger partial charge in [-0.3, -0.25) is 0 Å². The highest BCUT2D eigenvalue weighted by molar-refractivity contribution is 7.89. The number of sulfonamides is 1. The summed E-state index contributed by atoms with van der Waals surface area (Å²) in [6.45, 7) is 3.55. The van der Waals surface area contributed by atoms with Gasteiger partial charge in [0.05, 0.1) is 29.1 Å². The molecule has 1 aromatic carbocycles. The van der Waals surface area contributed by atoms with Crippen LogP contribution in [0.2, 0.25) is 0 Å². The summed E-state index contributed by atoms with van der Waals surface area (Å²) in [7, 11) is -3.44. The molecule has 1 saturated heterocycles. The maximum absolute atomic E-state index is 12.5. The molecule has 0 spiro atoms. The second-order valence-electron chi connectivity index (χ2n) is 4.52. The average Bonchev–Trinajstić information content (AvgIpc) is 2.78. The molecule has 102 valence electrons. The summed E-state index contributed by atoms with van der Waals surface area (Å²) >= 11 is 0. The van der Waals surface area contributed by atoms with E-state index in [2.05, 4.69) is 9.97 Å². The first kappa shape index (κ1) is 12.6. The fraction of sp³-hybridized carbons (Fsp3) is 0.417. The van der Waals surface area contributed by atoms with Gasteiger partial charge in [0.1, 0.15) is 5.82 Å². The minimum Gasteiger partial charge on any atom is -0.379 e. The van der Waals surface area contributed by atoms with E-state index < -0.39 is 10.0 Å². The first-order chi connectivity index (χ1) is 9.07. The summed E-state index contributed by atoms with van der Waals surface area (Å²) in [6, 6.07) is 4.97. The first-order valence-corrected chi connectivity index (χ1v) is 7.56. The van der Waals surface area contributed by atoms with Crippen LogP contribution in [0, 0.1) is 6.92 Å². The van der Waals surface area contributed by atoms with Gasteiger partial charge in [-0.25, -0.2) is 13.4 Å². The molecule has 0 atom stereocenters. The van der Waals surface area contributed by atoms with Crippen LogP contribution in [-0.4, -0.2) is 49.0 Å². The lowest BCUT2D eigenvalue weighted by Crippen LogP contribution is -2.40. The number of nitrogens with one attached hydrogen (secondary N) is 1. The SMILES string of the molecule is Cc1nc2ccc(S(=O)(=O)N3CCOCC3)cc2[nH]1. The molecule has 2 heterocycles. The molecule has 2 aromatic rings. The Labute approximate surface area is 111 Å². The van der Waals surface area contributed by atoms with Crippen LogP contribution in [0.5, 0.6) is 0 Å². The van der Waals surface area contributed by atoms with Crippen LogP contribution in [-0.2, 0) is 14.8 Å². The second kappa shape index (κ2) is 4.59. The van der Waals surface area contributed by atoms with Gasteiger partial charge < -0.3 is 9.72 Å². The molecule has 7 heteroatoms. The number of imidazole rings is 1. The number of ether oxygens (including phenoxy) is 1. The van der Waals surface area contributed by atoms with E-state index in [1.807, 2.05) is 6.92 Å². The Morgan fingerprint density at radius 3 is 2.79 bits per heavy atom. The Kier molecular flexibility index (Phi) is 3.04. The van der Waals surface area contributed by atoms with Gasteiger partial charge in [-0.05, 0) is 25.1 Å². The van der Waals surface area contributed by atoms with Gasteiger partial charge in [0, 0.05) is 13.1 Å². The molecule has 0 bridgehead atoms. The fourth-order valence-electron chi connectivity index (χ4n) is 2.21. The summed E-state index contributed by atoms with van der Waals surface area (Å²) in [6.07, 6.45) is 0. The van der Waals surface area contributed by atoms with Crippen molar-refractivity contribution in [2.45, 2.75) is 11.8 Å². The van der Waals surface area contributed by atoms with Crippen molar-refractivity contribution in [2.24, 2.45) is 0 Å². The van der Waals surface area contributed by atoms with Gasteiger partial charge in [-0.1, -0.05) is 0 Å². The van der Waals surface area contributed by atoms with E-state index >= 15 is 0 Å². The molecular formula is C12H15N3O3S. The van der Waals surface area contributed by atoms with Gasteiger partial charge in [-0.2, -0.15) is 4.31 Å². The van der Waals surface area contributed by atoms with E-state index in [0.717, 1.165) is 16.9 Å². The summed E-state index contributed by atoms with van der Waals surface area (Å²) < 4.78 is 31.6. The number of hydrogen-bond donors (Lipinski definition) is 1. The maximum Gasteiger partial charge on any atom is 0.243 e. The minimum absolute atomic E-state index is 0.297. The fourth-order valence-corrected chi connectivity index (χ4v) is 3.65. The lowest BCUT2D eigenvalue weighted by atomic mass is 10.3. The molecule has 6 nitrogen and oxygen atoms in total. The summed E-state index contributed by atoms with van der Waals surface area (Å²) in [5.74, 6) is 0.774. The Balaban J connectivity index is 2.02. The molecular weight excluding hydrogens is 266 g/mol. The van der Waals surface area contributed by atoms with E-state index in [0.29, 0.717) is 31.2 Å². The molecule has 0 radical (unpaired) electrons. The molecule has 1 N–H and O–H groups in total. The third-order valence-corrected chi connectivity index (χ3v) is 5.07. The summed E-state index contributed by atoms with van der Waals surface area (Å²) in [5, 5.41) is 0. The number of morpholine rings is 1. The smallest absolute Gasteiger partial charge is 0.243 e. The third-order valence-electron chi connectivity index (χ3n) is 3.18. The van der Waals surface area contributed by atoms with Crippen LogP contribution in [0.3, 0.4) is 0 Å². The van der Waals surface area contributed by atoms with Crippen LogP contribution >= 0.6 is 0 Å². The Morgan fingerprint density at radius 2 is 2.05 bits per heavy atom. The highest BCUT2D eigenvalue weighted by Gasteiger charge is 2.26. The van der Waals surface area contributed by atoms with Gasteiger partial charge in [-0.15, -0.1) is 0 Å². The molecule has 19 heavy (non-hydrogen) atoms. The summed E-state index contributed by atoms with van der Waals surface area (Å²) in [4.78, 5) is 7.62. The molecule has 1 aliphatic rings. The van der Waals surface area contributed by atoms with Crippen molar-refractivity contribution in [2.75, 3.05) is 26.3 Å². The largest absolute Gasteiger partial charge is 0.379 e. The lowest BCUT2D eigenvalue weighted by Gasteiger charge is -2.25. The van der Waals surface area contributed by atoms with Crippen molar-refractivity contribution in [3.8, 4) is 0 Å². The number of aromatic amines is 1. The van der Waals surface area contributed by atoms with Gasteiger partial charge >= 0.3 is 0 Å². The molecule has 0 saturated carbocycles. The van der Waals surface area contributed by atoms with E-state index in [9.17, 15) is 8.42 Å². The molecule has 0 aliphatic carbocycles. The quantitative estimate of drug-likeness (QED) is 0.887. The maximum atomic E-state index is 12.5. The third kappa shape index (κ3) is 2.24. The van der Waals surface area contributed by atoms with Crippen molar-refractivity contribution in [1.29, 1.82) is 0 Å². The Morgan fingerprint density at radius 1 is 1.32 bits per heavy atom. The number of H-pyrrole nitrogens is 1.